The Bertz CT molecular complexity index is 5650. The third-order valence-electron chi connectivity index (χ3n) is 18.8. The molecule has 5 heterocycles. The molecule has 0 unspecified atom stereocenters. The second-order valence-electron chi connectivity index (χ2n) is 24.6. The number of anilines is 6. The van der Waals surface area contributed by atoms with E-state index >= 15 is 0 Å². The Morgan fingerprint density at radius 1 is 0.337 bits per heavy atom. The molecule has 0 spiro atoms. The maximum absolute atomic E-state index is 13.9. The summed E-state index contributed by atoms with van der Waals surface area (Å²) in [4.78, 5) is 45.6. The molecule has 2 aliphatic rings. The fraction of sp³-hybridized carbons (Fsp3) is 0.0115. The smallest absolute Gasteiger partial charge is 0.338 e. The van der Waals surface area contributed by atoms with Crippen molar-refractivity contribution in [3.63, 3.8) is 0 Å². The van der Waals surface area contributed by atoms with Crippen molar-refractivity contribution < 1.29 is 9.53 Å². The van der Waals surface area contributed by atoms with Crippen LogP contribution in [0.3, 0.4) is 0 Å². The fourth-order valence-corrected chi connectivity index (χ4v) is 14.3. The molecule has 0 saturated carbocycles. The van der Waals surface area contributed by atoms with Crippen molar-refractivity contribution in [2.45, 2.75) is 6.61 Å². The molecular weight excluding hydrogens is 1200 g/mol. The van der Waals surface area contributed by atoms with Gasteiger partial charge in [0, 0.05) is 78.2 Å². The predicted molar refractivity (Wildman–Crippen MR) is 397 cm³/mol. The summed E-state index contributed by atoms with van der Waals surface area (Å²) in [6, 6.07) is 115. The number of esters is 1. The normalized spacial score (nSPS) is 12.1. The van der Waals surface area contributed by atoms with Gasteiger partial charge in [0.15, 0.2) is 23.3 Å². The zero-order chi connectivity index (χ0) is 65.0. The number of aromatic nitrogens is 6. The summed E-state index contributed by atoms with van der Waals surface area (Å²) >= 11 is 0. The number of hydrogen-bond acceptors (Lipinski definition) is 9. The minimum Gasteiger partial charge on any atom is -0.457 e. The van der Waals surface area contributed by atoms with E-state index in [-0.39, 0.29) is 13.3 Å². The molecule has 0 fully saturated rings. The fourth-order valence-electron chi connectivity index (χ4n) is 14.3. The van der Waals surface area contributed by atoms with Gasteiger partial charge in [0.25, 0.3) is 6.71 Å². The number of fused-ring (bicyclic) bond motifs is 7. The van der Waals surface area contributed by atoms with E-state index in [9.17, 15) is 4.79 Å². The first-order valence-corrected chi connectivity index (χ1v) is 32.9. The Labute approximate surface area is 566 Å². The quantitative estimate of drug-likeness (QED) is 0.0825. The van der Waals surface area contributed by atoms with Crippen LogP contribution in [0.2, 0.25) is 0 Å². The lowest BCUT2D eigenvalue weighted by molar-refractivity contribution is 0.0473. The van der Waals surface area contributed by atoms with Crippen LogP contribution in [0.1, 0.15) is 15.9 Å². The Kier molecular flexibility index (Phi) is 14.3. The highest BCUT2D eigenvalue weighted by molar-refractivity contribution is 7.00. The van der Waals surface area contributed by atoms with Gasteiger partial charge in [0.05, 0.1) is 39.4 Å². The molecular formula is C87H57BN8O2. The molecule has 0 amide bonds. The van der Waals surface area contributed by atoms with E-state index < -0.39 is 5.97 Å². The lowest BCUT2D eigenvalue weighted by atomic mass is 9.33. The van der Waals surface area contributed by atoms with Gasteiger partial charge in [-0.3, -0.25) is 0 Å². The Morgan fingerprint density at radius 3 is 1.45 bits per heavy atom. The highest BCUT2D eigenvalue weighted by Gasteiger charge is 2.44. The number of rotatable bonds is 13. The van der Waals surface area contributed by atoms with E-state index in [0.29, 0.717) is 28.9 Å². The Balaban J connectivity index is 0.827. The molecule has 0 aliphatic carbocycles. The van der Waals surface area contributed by atoms with Crippen molar-refractivity contribution in [1.29, 1.82) is 0 Å². The van der Waals surface area contributed by atoms with Gasteiger partial charge in [0.1, 0.15) is 6.61 Å². The molecule has 0 N–H and O–H groups in total. The van der Waals surface area contributed by atoms with Gasteiger partial charge in [-0.2, -0.15) is 0 Å². The zero-order valence-electron chi connectivity index (χ0n) is 52.9. The monoisotopic (exact) mass is 1260 g/mol. The average Bonchev–Trinajstić information content (AvgIpc) is 0.841. The van der Waals surface area contributed by atoms with Crippen molar-refractivity contribution in [3.05, 3.63) is 345 Å². The first kappa shape index (κ1) is 57.5. The SMILES string of the molecule is O=C(OCc1ccccc1)c1ccc2c(c1)c1ccccc1n2-c1ccc(-c2nc(-c3ccccc3)nc(-c3ccccc3)n2)cc1-c1nc(-c2ccccc2)cc(-c2ccc(-c3ccc4c5c3N(c3ccccc3)c3ccccc3B5c3ccccc3N4c3ccccc3)cc2)n1. The summed E-state index contributed by atoms with van der Waals surface area (Å²) in [6.45, 7) is 0.120. The molecule has 10 nitrogen and oxygen atoms in total. The third-order valence-corrected chi connectivity index (χ3v) is 18.8. The zero-order valence-corrected chi connectivity index (χ0v) is 52.9. The summed E-state index contributed by atoms with van der Waals surface area (Å²) in [5.41, 5.74) is 23.2. The molecule has 2 aliphatic heterocycles. The summed E-state index contributed by atoms with van der Waals surface area (Å²) in [7, 11) is 0. The van der Waals surface area contributed by atoms with Crippen LogP contribution in [0.15, 0.2) is 334 Å². The lowest BCUT2D eigenvalue weighted by Crippen LogP contribution is -2.61. The van der Waals surface area contributed by atoms with E-state index in [0.717, 1.165) is 117 Å². The maximum atomic E-state index is 13.9. The molecule has 0 bridgehead atoms. The van der Waals surface area contributed by atoms with Gasteiger partial charge in [-0.25, -0.2) is 29.7 Å². The Morgan fingerprint density at radius 2 is 0.816 bits per heavy atom. The van der Waals surface area contributed by atoms with E-state index in [1.807, 2.05) is 140 Å². The second kappa shape index (κ2) is 24.3. The van der Waals surface area contributed by atoms with Crippen molar-refractivity contribution in [1.82, 2.24) is 29.5 Å². The molecule has 0 saturated heterocycles. The van der Waals surface area contributed by atoms with Crippen LogP contribution < -0.4 is 26.2 Å². The van der Waals surface area contributed by atoms with Gasteiger partial charge in [-0.05, 0) is 119 Å². The number of carbonyl (C=O) groups is 1. The maximum Gasteiger partial charge on any atom is 0.338 e. The molecule has 11 heteroatoms. The molecule has 13 aromatic carbocycles. The highest BCUT2D eigenvalue weighted by atomic mass is 16.5. The van der Waals surface area contributed by atoms with Gasteiger partial charge < -0.3 is 19.1 Å². The first-order chi connectivity index (χ1) is 48.5. The summed E-state index contributed by atoms with van der Waals surface area (Å²) in [5.74, 6) is 1.66. The molecule has 18 rings (SSSR count). The van der Waals surface area contributed by atoms with Crippen LogP contribution in [0.4, 0.5) is 34.1 Å². The summed E-state index contributed by atoms with van der Waals surface area (Å²) in [6.07, 6.45) is 0. The number of para-hydroxylation sites is 5. The van der Waals surface area contributed by atoms with Gasteiger partial charge in [-0.15, -0.1) is 0 Å². The van der Waals surface area contributed by atoms with E-state index in [4.69, 9.17) is 29.7 Å². The summed E-state index contributed by atoms with van der Waals surface area (Å²) in [5, 5.41) is 1.85. The molecule has 16 aromatic rings. The number of hydrogen-bond donors (Lipinski definition) is 0. The topological polar surface area (TPSA) is 102 Å². The largest absolute Gasteiger partial charge is 0.457 e. The second-order valence-corrected chi connectivity index (χ2v) is 24.6. The number of carbonyl (C=O) groups excluding carboxylic acids is 1. The molecule has 3 aromatic heterocycles. The molecule has 460 valence electrons. The van der Waals surface area contributed by atoms with Crippen molar-refractivity contribution in [3.8, 4) is 84.9 Å². The van der Waals surface area contributed by atoms with E-state index in [1.165, 1.54) is 22.1 Å². The first-order valence-electron chi connectivity index (χ1n) is 32.9. The van der Waals surface area contributed by atoms with Gasteiger partial charge >= 0.3 is 5.97 Å². The molecule has 0 atom stereocenters. The number of ether oxygens (including phenoxy) is 1. The lowest BCUT2D eigenvalue weighted by Gasteiger charge is -2.45. The van der Waals surface area contributed by atoms with Crippen molar-refractivity contribution >= 4 is 85.0 Å². The Hall–Kier alpha value is -13.1. The number of nitrogens with zero attached hydrogens (tertiary/aromatic N) is 8. The van der Waals surface area contributed by atoms with Crippen LogP contribution in [0.25, 0.3) is 107 Å². The van der Waals surface area contributed by atoms with Gasteiger partial charge in [-0.1, -0.05) is 243 Å². The van der Waals surface area contributed by atoms with Crippen molar-refractivity contribution in [2.24, 2.45) is 0 Å². The van der Waals surface area contributed by atoms with Crippen LogP contribution >= 0.6 is 0 Å². The minimum absolute atomic E-state index is 0.0401. The van der Waals surface area contributed by atoms with Crippen LogP contribution in [-0.2, 0) is 11.3 Å². The van der Waals surface area contributed by atoms with E-state index in [1.54, 1.807) is 0 Å². The molecule has 0 radical (unpaired) electrons. The van der Waals surface area contributed by atoms with Crippen molar-refractivity contribution in [2.75, 3.05) is 9.80 Å². The van der Waals surface area contributed by atoms with Crippen LogP contribution in [-0.4, -0.2) is 42.2 Å². The van der Waals surface area contributed by atoms with E-state index in [2.05, 4.69) is 208 Å². The number of benzene rings is 13. The minimum atomic E-state index is -0.404. The third kappa shape index (κ3) is 10.2. The predicted octanol–water partition coefficient (Wildman–Crippen LogP) is 18.9. The molecule has 98 heavy (non-hydrogen) atoms. The van der Waals surface area contributed by atoms with Crippen LogP contribution in [0.5, 0.6) is 0 Å². The highest BCUT2D eigenvalue weighted by Crippen LogP contribution is 2.48. The van der Waals surface area contributed by atoms with Crippen LogP contribution in [0, 0.1) is 0 Å². The van der Waals surface area contributed by atoms with Gasteiger partial charge in [0.2, 0.25) is 0 Å². The average molecular weight is 1260 g/mol. The standard InChI is InChI=1S/C87H57BN8O2/c97-87(98-56-57-25-7-1-8-26-57)64-48-51-76-69(54-64)68-37-19-22-40-75(68)96(76)77-50-47-63(85-92-83(61-29-11-3-12-30-61)91-84(93-85)62-31-13-4-14-32-62)53-70(77)86-89-73(59-27-9-2-10-28-59)55-74(90-86)60-45-43-58(44-46-60)67-49-52-80-81-82(67)95(66-35-17-6-18-36-66)79-42-24-21-39-72(79)88(81)71-38-20-23-41-78(71)94(80)65-33-15-5-16-34-65/h1-55H,56H2. The summed E-state index contributed by atoms with van der Waals surface area (Å²) < 4.78 is 8.16.